The molecule has 0 atom stereocenters. The van der Waals surface area contributed by atoms with Crippen LogP contribution < -0.4 is 5.73 Å². The Kier molecular flexibility index (Phi) is 3.09. The number of anilines is 1. The maximum absolute atomic E-state index is 11.8. The molecule has 1 aromatic heterocycles. The highest BCUT2D eigenvalue weighted by molar-refractivity contribution is 7.92. The molecule has 5 nitrogen and oxygen atoms in total. The molecule has 2 rings (SSSR count). The van der Waals surface area contributed by atoms with E-state index in [4.69, 9.17) is 5.73 Å². The highest BCUT2D eigenvalue weighted by atomic mass is 32.2. The highest BCUT2D eigenvalue weighted by Crippen LogP contribution is 2.24. The zero-order valence-corrected chi connectivity index (χ0v) is 12.5. The van der Waals surface area contributed by atoms with Gasteiger partial charge in [0.1, 0.15) is 5.82 Å². The number of hydrogen-bond donors (Lipinski definition) is 1. The van der Waals surface area contributed by atoms with Gasteiger partial charge >= 0.3 is 0 Å². The van der Waals surface area contributed by atoms with Crippen LogP contribution in [-0.4, -0.2) is 29.0 Å². The number of hydrogen-bond acceptors (Lipinski definition) is 4. The van der Waals surface area contributed by atoms with Crippen molar-refractivity contribution < 1.29 is 8.42 Å². The van der Waals surface area contributed by atoms with E-state index in [0.717, 1.165) is 16.9 Å². The first-order valence-corrected chi connectivity index (χ1v) is 7.93. The maximum atomic E-state index is 11.8. The monoisotopic (exact) mass is 281 g/mol. The minimum absolute atomic E-state index is 0.373. The van der Waals surface area contributed by atoms with Crippen molar-refractivity contribution in [2.24, 2.45) is 0 Å². The molecule has 1 heterocycles. The van der Waals surface area contributed by atoms with E-state index < -0.39 is 14.6 Å². The summed E-state index contributed by atoms with van der Waals surface area (Å²) in [5.74, 6) is 0.789. The van der Waals surface area contributed by atoms with Crippen molar-refractivity contribution in [3.8, 4) is 0 Å². The second kappa shape index (κ2) is 4.23. The minimum Gasteiger partial charge on any atom is -0.399 e. The Bertz CT molecular complexity index is 730. The second-order valence-corrected chi connectivity index (χ2v) is 8.17. The maximum Gasteiger partial charge on any atom is 0.154 e. The van der Waals surface area contributed by atoms with Crippen molar-refractivity contribution in [3.05, 3.63) is 24.0 Å². The first kappa shape index (κ1) is 13.9. The summed E-state index contributed by atoms with van der Waals surface area (Å²) in [7, 11) is -3.15. The number of nitrogens with zero attached hydrogens (tertiary/aromatic N) is 2. The molecule has 0 saturated carbocycles. The molecule has 0 radical (unpaired) electrons. The van der Waals surface area contributed by atoms with E-state index in [1.165, 1.54) is 6.26 Å². The zero-order chi connectivity index (χ0) is 14.4. The Hall–Kier alpha value is -1.56. The normalized spacial score (nSPS) is 13.1. The van der Waals surface area contributed by atoms with Crippen LogP contribution in [0.15, 0.2) is 18.2 Å². The van der Waals surface area contributed by atoms with Crippen molar-refractivity contribution in [1.29, 1.82) is 0 Å². The summed E-state index contributed by atoms with van der Waals surface area (Å²) in [6.45, 7) is 5.70. The standard InChI is InChI=1S/C13H19N3O2S/c1-9-15-11-7-10(14)5-6-12(11)16(9)8-13(2,3)19(4,17)18/h5-7H,8,14H2,1-4H3. The summed E-state index contributed by atoms with van der Waals surface area (Å²) in [5, 5.41) is 0. The van der Waals surface area contributed by atoms with E-state index in [2.05, 4.69) is 4.98 Å². The fourth-order valence-electron chi connectivity index (χ4n) is 1.96. The fourth-order valence-corrected chi connectivity index (χ4v) is 2.33. The van der Waals surface area contributed by atoms with Gasteiger partial charge in [-0.15, -0.1) is 0 Å². The molecule has 0 aliphatic heterocycles. The SMILES string of the molecule is Cc1nc2cc(N)ccc2n1CC(C)(C)S(C)(=O)=O. The Labute approximate surface area is 113 Å². The number of aryl methyl sites for hydroxylation is 1. The Morgan fingerprint density at radius 2 is 2.00 bits per heavy atom. The Balaban J connectivity index is 2.55. The largest absolute Gasteiger partial charge is 0.399 e. The molecule has 104 valence electrons. The fraction of sp³-hybridized carbons (Fsp3) is 0.462. The number of sulfone groups is 1. The third-order valence-corrected chi connectivity index (χ3v) is 5.64. The van der Waals surface area contributed by atoms with Crippen molar-refractivity contribution in [2.45, 2.75) is 32.1 Å². The molecule has 0 bridgehead atoms. The summed E-state index contributed by atoms with van der Waals surface area (Å²) in [6, 6.07) is 5.47. The van der Waals surface area contributed by atoms with Crippen LogP contribution >= 0.6 is 0 Å². The molecule has 0 unspecified atom stereocenters. The van der Waals surface area contributed by atoms with Gasteiger partial charge in [0.05, 0.1) is 15.8 Å². The number of nitrogen functional groups attached to an aromatic ring is 1. The highest BCUT2D eigenvalue weighted by Gasteiger charge is 2.31. The third-order valence-electron chi connectivity index (χ3n) is 3.51. The van der Waals surface area contributed by atoms with Gasteiger partial charge in [0.2, 0.25) is 0 Å². The van der Waals surface area contributed by atoms with Crippen LogP contribution in [0.5, 0.6) is 0 Å². The van der Waals surface area contributed by atoms with Gasteiger partial charge in [0, 0.05) is 18.5 Å². The van der Waals surface area contributed by atoms with Gasteiger partial charge in [0.15, 0.2) is 9.84 Å². The molecular weight excluding hydrogens is 262 g/mol. The summed E-state index contributed by atoms with van der Waals surface area (Å²) in [6.07, 6.45) is 1.26. The van der Waals surface area contributed by atoms with Crippen LogP contribution in [0.25, 0.3) is 11.0 Å². The summed E-state index contributed by atoms with van der Waals surface area (Å²) < 4.78 is 24.7. The minimum atomic E-state index is -3.15. The molecule has 1 aromatic carbocycles. The summed E-state index contributed by atoms with van der Waals surface area (Å²) >= 11 is 0. The van der Waals surface area contributed by atoms with Crippen molar-refractivity contribution in [3.63, 3.8) is 0 Å². The Morgan fingerprint density at radius 3 is 2.58 bits per heavy atom. The lowest BCUT2D eigenvalue weighted by Gasteiger charge is -2.24. The topological polar surface area (TPSA) is 78.0 Å². The summed E-state index contributed by atoms with van der Waals surface area (Å²) in [4.78, 5) is 4.43. The number of rotatable bonds is 3. The number of fused-ring (bicyclic) bond motifs is 1. The Morgan fingerprint density at radius 1 is 1.37 bits per heavy atom. The van der Waals surface area contributed by atoms with Gasteiger partial charge in [-0.1, -0.05) is 0 Å². The van der Waals surface area contributed by atoms with E-state index in [1.54, 1.807) is 26.0 Å². The third kappa shape index (κ3) is 2.45. The van der Waals surface area contributed by atoms with Crippen molar-refractivity contribution in [1.82, 2.24) is 9.55 Å². The summed E-state index contributed by atoms with van der Waals surface area (Å²) in [5.41, 5.74) is 8.09. The van der Waals surface area contributed by atoms with E-state index in [9.17, 15) is 8.42 Å². The van der Waals surface area contributed by atoms with Gasteiger partial charge in [-0.05, 0) is 39.0 Å². The number of nitrogens with two attached hydrogens (primary N) is 1. The molecule has 0 aliphatic rings. The van der Waals surface area contributed by atoms with Gasteiger partial charge in [-0.2, -0.15) is 0 Å². The first-order valence-electron chi connectivity index (χ1n) is 6.04. The molecular formula is C13H19N3O2S. The van der Waals surface area contributed by atoms with E-state index in [0.29, 0.717) is 12.2 Å². The number of imidazole rings is 1. The van der Waals surface area contributed by atoms with Crippen molar-refractivity contribution in [2.75, 3.05) is 12.0 Å². The molecule has 2 N–H and O–H groups in total. The van der Waals surface area contributed by atoms with Gasteiger partial charge in [-0.25, -0.2) is 13.4 Å². The van der Waals surface area contributed by atoms with Crippen LogP contribution in [0.1, 0.15) is 19.7 Å². The predicted octanol–water partition coefficient (Wildman–Crippen LogP) is 1.75. The predicted molar refractivity (Wildman–Crippen MR) is 77.8 cm³/mol. The quantitative estimate of drug-likeness (QED) is 0.869. The molecule has 0 spiro atoms. The van der Waals surface area contributed by atoms with Crippen LogP contribution in [-0.2, 0) is 16.4 Å². The molecule has 0 amide bonds. The molecule has 6 heteroatoms. The van der Waals surface area contributed by atoms with Gasteiger partial charge in [-0.3, -0.25) is 0 Å². The number of benzene rings is 1. The second-order valence-electron chi connectivity index (χ2n) is 5.53. The van der Waals surface area contributed by atoms with E-state index in [1.807, 2.05) is 17.6 Å². The van der Waals surface area contributed by atoms with Crippen LogP contribution in [0, 0.1) is 6.92 Å². The first-order chi connectivity index (χ1) is 8.62. The number of aromatic nitrogens is 2. The zero-order valence-electron chi connectivity index (χ0n) is 11.6. The molecule has 0 aliphatic carbocycles. The molecule has 0 fully saturated rings. The lowest BCUT2D eigenvalue weighted by atomic mass is 10.2. The lowest BCUT2D eigenvalue weighted by Crippen LogP contribution is -2.36. The lowest BCUT2D eigenvalue weighted by molar-refractivity contribution is 0.503. The van der Waals surface area contributed by atoms with Gasteiger partial charge in [0.25, 0.3) is 0 Å². The van der Waals surface area contributed by atoms with E-state index in [-0.39, 0.29) is 0 Å². The molecule has 2 aromatic rings. The van der Waals surface area contributed by atoms with Crippen LogP contribution in [0.2, 0.25) is 0 Å². The average molecular weight is 281 g/mol. The van der Waals surface area contributed by atoms with Crippen LogP contribution in [0.3, 0.4) is 0 Å². The van der Waals surface area contributed by atoms with Gasteiger partial charge < -0.3 is 10.3 Å². The average Bonchev–Trinajstić information content (AvgIpc) is 2.52. The van der Waals surface area contributed by atoms with Crippen LogP contribution in [0.4, 0.5) is 5.69 Å². The molecule has 0 saturated heterocycles. The van der Waals surface area contributed by atoms with Crippen molar-refractivity contribution >= 4 is 26.6 Å². The van der Waals surface area contributed by atoms with E-state index >= 15 is 0 Å². The smallest absolute Gasteiger partial charge is 0.154 e. The molecule has 19 heavy (non-hydrogen) atoms.